The molecule has 0 atom stereocenters. The summed E-state index contributed by atoms with van der Waals surface area (Å²) < 4.78 is 1.62. The third-order valence-electron chi connectivity index (χ3n) is 2.87. The number of rotatable bonds is 2. The van der Waals surface area contributed by atoms with Crippen LogP contribution in [0.3, 0.4) is 0 Å². The summed E-state index contributed by atoms with van der Waals surface area (Å²) in [5.74, 6) is 0.775. The van der Waals surface area contributed by atoms with Crippen molar-refractivity contribution in [3.63, 3.8) is 0 Å². The third kappa shape index (κ3) is 4.87. The van der Waals surface area contributed by atoms with Gasteiger partial charge in [0.05, 0.1) is 11.4 Å². The number of pyridine rings is 3. The molecule has 0 aliphatic carbocycles. The van der Waals surface area contributed by atoms with E-state index in [1.54, 1.807) is 29.5 Å². The summed E-state index contributed by atoms with van der Waals surface area (Å²) in [5.41, 5.74) is 1.83. The van der Waals surface area contributed by atoms with Crippen LogP contribution in [0.1, 0.15) is 0 Å². The van der Waals surface area contributed by atoms with Gasteiger partial charge in [-0.3, -0.25) is 9.97 Å². The van der Waals surface area contributed by atoms with Crippen LogP contribution in [0.15, 0.2) is 79.5 Å². The van der Waals surface area contributed by atoms with Crippen molar-refractivity contribution in [3.8, 4) is 17.2 Å². The van der Waals surface area contributed by atoms with E-state index in [9.17, 15) is 0 Å². The molecule has 0 N–H and O–H groups in total. The fourth-order valence-corrected chi connectivity index (χ4v) is 1.81. The summed E-state index contributed by atoms with van der Waals surface area (Å²) >= 11 is 0. The van der Waals surface area contributed by atoms with Gasteiger partial charge < -0.3 is 9.55 Å². The van der Waals surface area contributed by atoms with Gasteiger partial charge in [-0.1, -0.05) is 24.3 Å². The maximum atomic E-state index is 4.19. The van der Waals surface area contributed by atoms with Gasteiger partial charge in [0, 0.05) is 57.2 Å². The normalized spacial score (nSPS) is 9.33. The average molecular weight is 494 g/mol. The van der Waals surface area contributed by atoms with Crippen molar-refractivity contribution in [2.75, 3.05) is 0 Å². The largest absolute Gasteiger partial charge is 0.435 e. The number of hydrogen-bond acceptors (Lipinski definition) is 5. The van der Waals surface area contributed by atoms with Gasteiger partial charge in [-0.05, 0) is 30.3 Å². The van der Waals surface area contributed by atoms with E-state index in [1.807, 2.05) is 54.6 Å². The Hall–Kier alpha value is -2.76. The second-order valence-electron chi connectivity index (χ2n) is 4.42. The Morgan fingerprint density at radius 2 is 1.29 bits per heavy atom. The molecule has 0 unspecified atom stereocenters. The van der Waals surface area contributed by atoms with Gasteiger partial charge in [-0.2, -0.15) is 0 Å². The van der Waals surface area contributed by atoms with E-state index in [1.165, 1.54) is 0 Å². The minimum absolute atomic E-state index is 0. The molecule has 0 aliphatic heterocycles. The van der Waals surface area contributed by atoms with Crippen LogP contribution in [0.4, 0.5) is 0 Å². The van der Waals surface area contributed by atoms with Crippen molar-refractivity contribution in [1.82, 2.24) is 29.7 Å². The Morgan fingerprint density at radius 3 is 1.71 bits per heavy atom. The van der Waals surface area contributed by atoms with Crippen LogP contribution >= 0.6 is 0 Å². The molecule has 4 aromatic rings. The first-order valence-corrected chi connectivity index (χ1v) is 6.95. The molecule has 24 heavy (non-hydrogen) atoms. The van der Waals surface area contributed by atoms with Gasteiger partial charge in [0.1, 0.15) is 0 Å². The first kappa shape index (κ1) is 17.6. The predicted molar refractivity (Wildman–Crippen MR) is 85.5 cm³/mol. The van der Waals surface area contributed by atoms with Gasteiger partial charge in [-0.25, -0.2) is 10.2 Å². The monoisotopic (exact) mass is 494 g/mol. The Morgan fingerprint density at radius 1 is 0.708 bits per heavy atom. The molecule has 7 heteroatoms. The number of hydrogen-bond donors (Lipinski definition) is 0. The molecule has 6 nitrogen and oxygen atoms in total. The van der Waals surface area contributed by atoms with Crippen LogP contribution in [0.25, 0.3) is 17.2 Å². The van der Waals surface area contributed by atoms with Crippen LogP contribution in [-0.4, -0.2) is 29.7 Å². The van der Waals surface area contributed by atoms with Crippen molar-refractivity contribution in [1.29, 1.82) is 0 Å². The van der Waals surface area contributed by atoms with Crippen molar-refractivity contribution < 1.29 is 20.1 Å². The van der Waals surface area contributed by atoms with Crippen molar-refractivity contribution in [3.05, 3.63) is 85.8 Å². The molecule has 4 aromatic heterocycles. The topological polar surface area (TPSA) is 69.4 Å². The van der Waals surface area contributed by atoms with Gasteiger partial charge in [-0.15, -0.1) is 0 Å². The fourth-order valence-electron chi connectivity index (χ4n) is 1.81. The standard InChI is InChI=1S/C10H8N2.C7H5N4.Ir/c1-3-7-11-9(5-1)10-6-2-4-8-12-10;1-2-4-8-7(3-1)11-5-9-10-6-11;/h1-8H;1-5H;/q;-1;. The summed E-state index contributed by atoms with van der Waals surface area (Å²) in [6.45, 7) is 0. The number of nitrogens with zero attached hydrogens (tertiary/aromatic N) is 6. The average Bonchev–Trinajstić information content (AvgIpc) is 3.19. The molecule has 0 spiro atoms. The molecule has 0 fully saturated rings. The Bertz CT molecular complexity index is 770. The smallest absolute Gasteiger partial charge is 0.0886 e. The Kier molecular flexibility index (Phi) is 6.89. The minimum Gasteiger partial charge on any atom is -0.435 e. The molecule has 4 rings (SSSR count). The second kappa shape index (κ2) is 9.39. The molecule has 0 bridgehead atoms. The van der Waals surface area contributed by atoms with E-state index in [0.717, 1.165) is 17.2 Å². The van der Waals surface area contributed by atoms with Crippen molar-refractivity contribution >= 4 is 0 Å². The summed E-state index contributed by atoms with van der Waals surface area (Å²) in [4.78, 5) is 12.4. The fraction of sp³-hybridized carbons (Fsp3) is 0. The summed E-state index contributed by atoms with van der Waals surface area (Å²) in [5, 5.41) is 7.16. The zero-order valence-corrected chi connectivity index (χ0v) is 14.9. The predicted octanol–water partition coefficient (Wildman–Crippen LogP) is 2.60. The zero-order valence-electron chi connectivity index (χ0n) is 12.5. The van der Waals surface area contributed by atoms with Crippen LogP contribution in [0.5, 0.6) is 0 Å². The Labute approximate surface area is 153 Å². The zero-order chi connectivity index (χ0) is 15.7. The van der Waals surface area contributed by atoms with Crippen molar-refractivity contribution in [2.45, 2.75) is 0 Å². The minimum atomic E-state index is 0. The second-order valence-corrected chi connectivity index (χ2v) is 4.42. The van der Waals surface area contributed by atoms with E-state index in [4.69, 9.17) is 0 Å². The molecule has 121 valence electrons. The molecule has 4 heterocycles. The molecule has 0 amide bonds. The van der Waals surface area contributed by atoms with Gasteiger partial charge in [0.2, 0.25) is 0 Å². The summed E-state index contributed by atoms with van der Waals surface area (Å²) in [6, 6.07) is 17.2. The summed E-state index contributed by atoms with van der Waals surface area (Å²) in [7, 11) is 0. The van der Waals surface area contributed by atoms with Crippen molar-refractivity contribution in [2.24, 2.45) is 0 Å². The molecule has 0 aromatic carbocycles. The first-order chi connectivity index (χ1) is 11.4. The quantitative estimate of drug-likeness (QED) is 0.402. The van der Waals surface area contributed by atoms with Crippen LogP contribution in [0, 0.1) is 6.33 Å². The maximum absolute atomic E-state index is 4.19. The van der Waals surface area contributed by atoms with Crippen LogP contribution < -0.4 is 0 Å². The van der Waals surface area contributed by atoms with Crippen LogP contribution in [0.2, 0.25) is 0 Å². The molecule has 0 saturated carbocycles. The van der Waals surface area contributed by atoms with E-state index >= 15 is 0 Å². The van der Waals surface area contributed by atoms with E-state index in [2.05, 4.69) is 31.5 Å². The SMILES string of the molecule is [Ir].[c-]1nncn1-c1ccccn1.c1ccc(-c2ccccn2)nc1. The van der Waals surface area contributed by atoms with E-state index in [-0.39, 0.29) is 20.1 Å². The summed E-state index contributed by atoms with van der Waals surface area (Å²) in [6.07, 6.45) is 9.45. The van der Waals surface area contributed by atoms with Gasteiger partial charge in [0.15, 0.2) is 0 Å². The van der Waals surface area contributed by atoms with E-state index in [0.29, 0.717) is 0 Å². The number of aromatic nitrogens is 6. The molecule has 0 saturated heterocycles. The molecular weight excluding hydrogens is 480 g/mol. The van der Waals surface area contributed by atoms with E-state index < -0.39 is 0 Å². The molecular formula is C17H13IrN6-. The molecule has 1 radical (unpaired) electrons. The van der Waals surface area contributed by atoms with Gasteiger partial charge >= 0.3 is 0 Å². The third-order valence-corrected chi connectivity index (χ3v) is 2.87. The molecule has 0 aliphatic rings. The Balaban J connectivity index is 0.000000167. The first-order valence-electron chi connectivity index (χ1n) is 6.95. The van der Waals surface area contributed by atoms with Crippen LogP contribution in [-0.2, 0) is 20.1 Å². The maximum Gasteiger partial charge on any atom is 0.0886 e. The van der Waals surface area contributed by atoms with Gasteiger partial charge in [0.25, 0.3) is 0 Å².